The SMILES string of the molecule is COc1ccc(-c2nc3n(c2NC(C)(C)C)CCN(C(=O)C(C)C)C3)cc1. The molecule has 1 aromatic carbocycles. The number of carbonyl (C=O) groups is 1. The van der Waals surface area contributed by atoms with E-state index in [1.807, 2.05) is 43.0 Å². The predicted molar refractivity (Wildman–Crippen MR) is 108 cm³/mol. The van der Waals surface area contributed by atoms with Crippen LogP contribution >= 0.6 is 0 Å². The summed E-state index contributed by atoms with van der Waals surface area (Å²) in [5, 5.41) is 3.62. The summed E-state index contributed by atoms with van der Waals surface area (Å²) in [6.07, 6.45) is 0. The molecular weight excluding hydrogens is 340 g/mol. The highest BCUT2D eigenvalue weighted by atomic mass is 16.5. The number of ether oxygens (including phenoxy) is 1. The minimum atomic E-state index is -0.0943. The van der Waals surface area contributed by atoms with Gasteiger partial charge in [-0.1, -0.05) is 13.8 Å². The van der Waals surface area contributed by atoms with E-state index in [0.29, 0.717) is 13.1 Å². The van der Waals surface area contributed by atoms with Gasteiger partial charge in [-0.05, 0) is 45.0 Å². The first-order chi connectivity index (χ1) is 12.7. The third-order valence-electron chi connectivity index (χ3n) is 4.63. The summed E-state index contributed by atoms with van der Waals surface area (Å²) in [5.41, 5.74) is 1.86. The van der Waals surface area contributed by atoms with Crippen molar-refractivity contribution in [3.63, 3.8) is 0 Å². The number of aromatic nitrogens is 2. The van der Waals surface area contributed by atoms with Crippen molar-refractivity contribution in [2.24, 2.45) is 5.92 Å². The van der Waals surface area contributed by atoms with E-state index in [1.54, 1.807) is 7.11 Å². The monoisotopic (exact) mass is 370 g/mol. The first-order valence-electron chi connectivity index (χ1n) is 9.50. The number of rotatable bonds is 4. The Morgan fingerprint density at radius 3 is 2.41 bits per heavy atom. The summed E-state index contributed by atoms with van der Waals surface area (Å²) in [6.45, 7) is 12.3. The lowest BCUT2D eigenvalue weighted by Crippen LogP contribution is -2.41. The summed E-state index contributed by atoms with van der Waals surface area (Å²) in [5.74, 6) is 2.94. The van der Waals surface area contributed by atoms with Crippen molar-refractivity contribution in [1.82, 2.24) is 14.5 Å². The van der Waals surface area contributed by atoms with Crippen LogP contribution in [0.15, 0.2) is 24.3 Å². The van der Waals surface area contributed by atoms with Crippen molar-refractivity contribution in [2.75, 3.05) is 19.0 Å². The zero-order chi connectivity index (χ0) is 19.8. The Balaban J connectivity index is 2.01. The van der Waals surface area contributed by atoms with E-state index < -0.39 is 0 Å². The maximum absolute atomic E-state index is 12.4. The van der Waals surface area contributed by atoms with Gasteiger partial charge in [0.2, 0.25) is 5.91 Å². The highest BCUT2D eigenvalue weighted by molar-refractivity contribution is 5.79. The van der Waals surface area contributed by atoms with Crippen molar-refractivity contribution >= 4 is 11.7 Å². The van der Waals surface area contributed by atoms with E-state index in [9.17, 15) is 4.79 Å². The average Bonchev–Trinajstić information content (AvgIpc) is 2.97. The molecule has 1 amide bonds. The molecule has 1 aliphatic heterocycles. The Hall–Kier alpha value is -2.50. The van der Waals surface area contributed by atoms with Gasteiger partial charge in [-0.2, -0.15) is 0 Å². The van der Waals surface area contributed by atoms with E-state index in [4.69, 9.17) is 9.72 Å². The maximum Gasteiger partial charge on any atom is 0.225 e. The molecular formula is C21H30N4O2. The lowest BCUT2D eigenvalue weighted by Gasteiger charge is -2.31. The molecule has 0 atom stereocenters. The fourth-order valence-electron chi connectivity index (χ4n) is 3.32. The van der Waals surface area contributed by atoms with Gasteiger partial charge in [0.25, 0.3) is 0 Å². The molecule has 6 nitrogen and oxygen atoms in total. The number of hydrogen-bond donors (Lipinski definition) is 1. The largest absolute Gasteiger partial charge is 0.497 e. The summed E-state index contributed by atoms with van der Waals surface area (Å²) < 4.78 is 7.49. The molecule has 0 unspecified atom stereocenters. The molecule has 1 N–H and O–H groups in total. The molecule has 1 aliphatic rings. The highest BCUT2D eigenvalue weighted by Gasteiger charge is 2.29. The Morgan fingerprint density at radius 2 is 1.85 bits per heavy atom. The Morgan fingerprint density at radius 1 is 1.19 bits per heavy atom. The van der Waals surface area contributed by atoms with E-state index in [0.717, 1.165) is 35.2 Å². The first kappa shape index (κ1) is 19.3. The normalized spacial score (nSPS) is 14.3. The van der Waals surface area contributed by atoms with E-state index in [-0.39, 0.29) is 17.4 Å². The molecule has 0 saturated heterocycles. The molecule has 0 aliphatic carbocycles. The molecule has 0 fully saturated rings. The van der Waals surface area contributed by atoms with Gasteiger partial charge in [0.15, 0.2) is 0 Å². The topological polar surface area (TPSA) is 59.4 Å². The van der Waals surface area contributed by atoms with Crippen LogP contribution in [0.1, 0.15) is 40.4 Å². The van der Waals surface area contributed by atoms with Gasteiger partial charge in [-0.25, -0.2) is 4.98 Å². The van der Waals surface area contributed by atoms with Gasteiger partial charge in [0.1, 0.15) is 23.1 Å². The van der Waals surface area contributed by atoms with Crippen LogP contribution in [0.3, 0.4) is 0 Å². The van der Waals surface area contributed by atoms with Crippen LogP contribution in [0, 0.1) is 5.92 Å². The van der Waals surface area contributed by atoms with Crippen LogP contribution in [0.25, 0.3) is 11.3 Å². The second-order valence-electron chi connectivity index (χ2n) is 8.39. The number of imidazole rings is 1. The molecule has 0 bridgehead atoms. The zero-order valence-corrected chi connectivity index (χ0v) is 17.2. The van der Waals surface area contributed by atoms with Gasteiger partial charge in [0, 0.05) is 30.1 Å². The molecule has 3 rings (SSSR count). The lowest BCUT2D eigenvalue weighted by atomic mass is 10.1. The van der Waals surface area contributed by atoms with Crippen LogP contribution in [0.5, 0.6) is 5.75 Å². The van der Waals surface area contributed by atoms with Crippen LogP contribution in [0.2, 0.25) is 0 Å². The van der Waals surface area contributed by atoms with Gasteiger partial charge >= 0.3 is 0 Å². The third kappa shape index (κ3) is 4.10. The number of methoxy groups -OCH3 is 1. The standard InChI is InChI=1S/C21H30N4O2/c1-14(2)20(26)24-11-12-25-17(13-24)22-18(19(25)23-21(3,4)5)15-7-9-16(27-6)10-8-15/h7-10,14,23H,11-13H2,1-6H3. The molecule has 0 radical (unpaired) electrons. The van der Waals surface area contributed by atoms with Crippen molar-refractivity contribution in [3.05, 3.63) is 30.1 Å². The number of anilines is 1. The third-order valence-corrected chi connectivity index (χ3v) is 4.63. The van der Waals surface area contributed by atoms with Gasteiger partial charge in [-0.3, -0.25) is 4.79 Å². The predicted octanol–water partition coefficient (Wildman–Crippen LogP) is 3.77. The molecule has 1 aromatic heterocycles. The van der Waals surface area contributed by atoms with Crippen molar-refractivity contribution in [2.45, 2.75) is 53.2 Å². The number of benzene rings is 1. The van der Waals surface area contributed by atoms with E-state index in [1.165, 1.54) is 0 Å². The zero-order valence-electron chi connectivity index (χ0n) is 17.2. The Labute approximate surface area is 161 Å². The number of amides is 1. The summed E-state index contributed by atoms with van der Waals surface area (Å²) in [7, 11) is 1.66. The fraction of sp³-hybridized carbons (Fsp3) is 0.524. The summed E-state index contributed by atoms with van der Waals surface area (Å²) in [6, 6.07) is 7.95. The van der Waals surface area contributed by atoms with E-state index >= 15 is 0 Å². The smallest absolute Gasteiger partial charge is 0.225 e. The second-order valence-corrected chi connectivity index (χ2v) is 8.39. The summed E-state index contributed by atoms with van der Waals surface area (Å²) >= 11 is 0. The number of nitrogens with zero attached hydrogens (tertiary/aromatic N) is 3. The van der Waals surface area contributed by atoms with Crippen LogP contribution in [-0.2, 0) is 17.9 Å². The summed E-state index contributed by atoms with van der Waals surface area (Å²) in [4.78, 5) is 19.3. The quantitative estimate of drug-likeness (QED) is 0.890. The fourth-order valence-corrected chi connectivity index (χ4v) is 3.32. The minimum Gasteiger partial charge on any atom is -0.497 e. The minimum absolute atomic E-state index is 0.000239. The molecule has 6 heteroatoms. The highest BCUT2D eigenvalue weighted by Crippen LogP contribution is 2.33. The van der Waals surface area contributed by atoms with Gasteiger partial charge in [-0.15, -0.1) is 0 Å². The molecule has 2 aromatic rings. The van der Waals surface area contributed by atoms with Gasteiger partial charge in [0.05, 0.1) is 13.7 Å². The number of fused-ring (bicyclic) bond motifs is 1. The molecule has 2 heterocycles. The van der Waals surface area contributed by atoms with Crippen LogP contribution < -0.4 is 10.1 Å². The van der Waals surface area contributed by atoms with E-state index in [2.05, 4.69) is 30.7 Å². The molecule has 27 heavy (non-hydrogen) atoms. The lowest BCUT2D eigenvalue weighted by molar-refractivity contribution is -0.136. The number of hydrogen-bond acceptors (Lipinski definition) is 4. The second kappa shape index (κ2) is 7.25. The van der Waals surface area contributed by atoms with Crippen molar-refractivity contribution in [1.29, 1.82) is 0 Å². The van der Waals surface area contributed by atoms with Crippen molar-refractivity contribution in [3.8, 4) is 17.0 Å². The van der Waals surface area contributed by atoms with Gasteiger partial charge < -0.3 is 19.5 Å². The molecule has 0 spiro atoms. The number of nitrogens with one attached hydrogen (secondary N) is 1. The van der Waals surface area contributed by atoms with Crippen LogP contribution in [0.4, 0.5) is 5.82 Å². The van der Waals surface area contributed by atoms with Crippen LogP contribution in [-0.4, -0.2) is 39.6 Å². The Bertz CT molecular complexity index is 816. The average molecular weight is 370 g/mol. The molecule has 0 saturated carbocycles. The van der Waals surface area contributed by atoms with Crippen molar-refractivity contribution < 1.29 is 9.53 Å². The Kier molecular flexibility index (Phi) is 5.18. The maximum atomic E-state index is 12.4. The first-order valence-corrected chi connectivity index (χ1v) is 9.50. The number of carbonyl (C=O) groups excluding carboxylic acids is 1. The molecule has 146 valence electrons.